The van der Waals surface area contributed by atoms with E-state index in [-0.39, 0.29) is 5.56 Å². The molecule has 2 aromatic heterocycles. The molecule has 0 bridgehead atoms. The topological polar surface area (TPSA) is 77.2 Å². The Morgan fingerprint density at radius 3 is 2.72 bits per heavy atom. The number of hydrogen-bond acceptors (Lipinski definition) is 6. The maximum atomic E-state index is 12.4. The van der Waals surface area contributed by atoms with Gasteiger partial charge >= 0.3 is 0 Å². The molecule has 2 aliphatic heterocycles. The second-order valence-electron chi connectivity index (χ2n) is 7.70. The number of rotatable bonds is 3. The molecule has 7 nitrogen and oxygen atoms in total. The zero-order valence-corrected chi connectivity index (χ0v) is 16.9. The fourth-order valence-corrected chi connectivity index (χ4v) is 4.38. The molecule has 1 fully saturated rings. The van der Waals surface area contributed by atoms with Gasteiger partial charge in [-0.3, -0.25) is 9.69 Å². The normalized spacial score (nSPS) is 17.2. The van der Waals surface area contributed by atoms with Gasteiger partial charge in [-0.1, -0.05) is 23.7 Å². The second-order valence-corrected chi connectivity index (χ2v) is 8.08. The minimum atomic E-state index is 0.0366. The van der Waals surface area contributed by atoms with E-state index in [1.807, 2.05) is 6.07 Å². The Bertz CT molecular complexity index is 1090. The summed E-state index contributed by atoms with van der Waals surface area (Å²) < 4.78 is 0. The molecule has 0 unspecified atom stereocenters. The van der Waals surface area contributed by atoms with E-state index < -0.39 is 0 Å². The first-order valence-corrected chi connectivity index (χ1v) is 10.4. The van der Waals surface area contributed by atoms with Crippen LogP contribution in [0.4, 0.5) is 11.5 Å². The highest BCUT2D eigenvalue weighted by Crippen LogP contribution is 2.28. The molecular formula is C21H23ClN6O. The Morgan fingerprint density at radius 1 is 1.07 bits per heavy atom. The van der Waals surface area contributed by atoms with Gasteiger partial charge in [0, 0.05) is 50.2 Å². The average molecular weight is 411 g/mol. The third-order valence-electron chi connectivity index (χ3n) is 5.80. The van der Waals surface area contributed by atoms with Crippen LogP contribution in [0.25, 0.3) is 10.9 Å². The van der Waals surface area contributed by atoms with Crippen molar-refractivity contribution in [2.75, 3.05) is 42.9 Å². The fraction of sp³-hybridized carbons (Fsp3) is 0.381. The number of H-pyrrole nitrogens is 1. The number of nitrogens with one attached hydrogen (secondary N) is 2. The number of nitrogens with zero attached hydrogens (tertiary/aromatic N) is 4. The molecule has 1 saturated heterocycles. The molecule has 5 rings (SSSR count). The van der Waals surface area contributed by atoms with E-state index in [0.717, 1.165) is 80.1 Å². The number of hydrogen-bond donors (Lipinski definition) is 2. The molecule has 8 heteroatoms. The molecule has 2 aliphatic rings. The Kier molecular flexibility index (Phi) is 4.85. The first kappa shape index (κ1) is 18.4. The summed E-state index contributed by atoms with van der Waals surface area (Å²) >= 11 is 5.83. The first-order valence-electron chi connectivity index (χ1n) is 10.1. The summed E-state index contributed by atoms with van der Waals surface area (Å²) in [5.74, 6) is 0.870. The van der Waals surface area contributed by atoms with E-state index in [9.17, 15) is 4.79 Å². The Morgan fingerprint density at radius 2 is 1.93 bits per heavy atom. The average Bonchev–Trinajstić information content (AvgIpc) is 2.75. The van der Waals surface area contributed by atoms with Crippen LogP contribution in [-0.4, -0.2) is 52.8 Å². The predicted molar refractivity (Wildman–Crippen MR) is 116 cm³/mol. The Hall–Kier alpha value is -2.64. The number of fused-ring (bicyclic) bond motifs is 3. The van der Waals surface area contributed by atoms with Gasteiger partial charge in [-0.2, -0.15) is 0 Å². The summed E-state index contributed by atoms with van der Waals surface area (Å²) in [5.41, 5.74) is 4.06. The maximum Gasteiger partial charge on any atom is 0.253 e. The second kappa shape index (κ2) is 7.65. The molecule has 0 atom stereocenters. The van der Waals surface area contributed by atoms with Gasteiger partial charge in [0.2, 0.25) is 0 Å². The lowest BCUT2D eigenvalue weighted by molar-refractivity contribution is 0.249. The number of aromatic nitrogens is 3. The molecule has 0 spiro atoms. The fourth-order valence-electron chi connectivity index (χ4n) is 4.27. The Balaban J connectivity index is 1.30. The van der Waals surface area contributed by atoms with Gasteiger partial charge in [-0.25, -0.2) is 0 Å². The molecular weight excluding hydrogens is 388 g/mol. The molecule has 3 aromatic rings. The summed E-state index contributed by atoms with van der Waals surface area (Å²) in [6.45, 7) is 5.49. The summed E-state index contributed by atoms with van der Waals surface area (Å²) in [6.07, 6.45) is 1.85. The Labute approximate surface area is 173 Å². The van der Waals surface area contributed by atoms with Gasteiger partial charge in [0.05, 0.1) is 11.2 Å². The van der Waals surface area contributed by atoms with Gasteiger partial charge in [-0.05, 0) is 36.6 Å². The van der Waals surface area contributed by atoms with Crippen molar-refractivity contribution in [2.45, 2.75) is 19.4 Å². The molecule has 1 aromatic carbocycles. The summed E-state index contributed by atoms with van der Waals surface area (Å²) in [4.78, 5) is 20.2. The molecule has 0 aliphatic carbocycles. The van der Waals surface area contributed by atoms with Crippen LogP contribution in [0.15, 0.2) is 35.1 Å². The lowest BCUT2D eigenvalue weighted by Gasteiger charge is -2.35. The monoisotopic (exact) mass is 410 g/mol. The van der Waals surface area contributed by atoms with Gasteiger partial charge in [0.1, 0.15) is 0 Å². The van der Waals surface area contributed by atoms with Gasteiger partial charge in [-0.15, -0.1) is 10.2 Å². The highest BCUT2D eigenvalue weighted by molar-refractivity contribution is 6.29. The number of pyridine rings is 1. The van der Waals surface area contributed by atoms with Crippen LogP contribution in [0, 0.1) is 0 Å². The summed E-state index contributed by atoms with van der Waals surface area (Å²) in [5, 5.41) is 13.0. The summed E-state index contributed by atoms with van der Waals surface area (Å²) in [6, 6.07) is 10.1. The van der Waals surface area contributed by atoms with Crippen molar-refractivity contribution >= 4 is 34.0 Å². The van der Waals surface area contributed by atoms with E-state index in [1.165, 1.54) is 5.56 Å². The van der Waals surface area contributed by atoms with E-state index >= 15 is 0 Å². The van der Waals surface area contributed by atoms with Crippen LogP contribution >= 0.6 is 11.6 Å². The first-order chi connectivity index (χ1) is 14.2. The number of piperazine rings is 1. The van der Waals surface area contributed by atoms with Gasteiger partial charge in [0.15, 0.2) is 11.0 Å². The van der Waals surface area contributed by atoms with Gasteiger partial charge < -0.3 is 15.2 Å². The van der Waals surface area contributed by atoms with Crippen molar-refractivity contribution in [1.29, 1.82) is 0 Å². The molecule has 150 valence electrons. The number of anilines is 2. The van der Waals surface area contributed by atoms with Crippen molar-refractivity contribution in [2.24, 2.45) is 0 Å². The van der Waals surface area contributed by atoms with E-state index in [2.05, 4.69) is 48.5 Å². The largest absolute Gasteiger partial charge is 0.384 e. The van der Waals surface area contributed by atoms with Crippen LogP contribution < -0.4 is 15.8 Å². The van der Waals surface area contributed by atoms with Crippen LogP contribution in [0.3, 0.4) is 0 Å². The minimum Gasteiger partial charge on any atom is -0.384 e. The molecule has 4 heterocycles. The van der Waals surface area contributed by atoms with Crippen molar-refractivity contribution < 1.29 is 0 Å². The SMILES string of the molecule is O=c1[nH]c2cc(CN3CCN(c4ccc(Cl)nn4)CC3)ccc2c2c1CCCN2. The molecule has 0 amide bonds. The maximum absolute atomic E-state index is 12.4. The number of halogens is 1. The molecule has 29 heavy (non-hydrogen) atoms. The van der Waals surface area contributed by atoms with Crippen molar-refractivity contribution in [3.8, 4) is 0 Å². The minimum absolute atomic E-state index is 0.0366. The zero-order valence-electron chi connectivity index (χ0n) is 16.1. The van der Waals surface area contributed by atoms with E-state index in [0.29, 0.717) is 5.15 Å². The zero-order chi connectivity index (χ0) is 19.8. The van der Waals surface area contributed by atoms with Crippen LogP contribution in [-0.2, 0) is 13.0 Å². The lowest BCUT2D eigenvalue weighted by Crippen LogP contribution is -2.46. The highest BCUT2D eigenvalue weighted by atomic mass is 35.5. The number of aromatic amines is 1. The third kappa shape index (κ3) is 3.68. The van der Waals surface area contributed by atoms with Crippen molar-refractivity contribution in [3.05, 3.63) is 57.0 Å². The standard InChI is InChI=1S/C21H23ClN6O/c22-18-5-6-19(26-25-18)28-10-8-27(9-11-28)13-14-3-4-15-17(12-14)24-21(29)16-2-1-7-23-20(15)16/h3-6,12,23H,1-2,7-11,13H2,(H,24,29). The summed E-state index contributed by atoms with van der Waals surface area (Å²) in [7, 11) is 0. The lowest BCUT2D eigenvalue weighted by atomic mass is 10.0. The molecule has 0 radical (unpaired) electrons. The smallest absolute Gasteiger partial charge is 0.253 e. The van der Waals surface area contributed by atoms with E-state index in [4.69, 9.17) is 11.6 Å². The highest BCUT2D eigenvalue weighted by Gasteiger charge is 2.20. The van der Waals surface area contributed by atoms with Crippen molar-refractivity contribution in [1.82, 2.24) is 20.1 Å². The van der Waals surface area contributed by atoms with Crippen LogP contribution in [0.2, 0.25) is 5.15 Å². The van der Waals surface area contributed by atoms with E-state index in [1.54, 1.807) is 6.07 Å². The van der Waals surface area contributed by atoms with Crippen LogP contribution in [0.1, 0.15) is 17.5 Å². The number of benzene rings is 1. The quantitative estimate of drug-likeness (QED) is 0.691. The predicted octanol–water partition coefficient (Wildman–Crippen LogP) is 2.65. The molecule has 0 saturated carbocycles. The third-order valence-corrected chi connectivity index (χ3v) is 6.00. The molecule has 2 N–H and O–H groups in total. The van der Waals surface area contributed by atoms with Gasteiger partial charge in [0.25, 0.3) is 5.56 Å². The van der Waals surface area contributed by atoms with Crippen LogP contribution in [0.5, 0.6) is 0 Å². The van der Waals surface area contributed by atoms with Crippen molar-refractivity contribution in [3.63, 3.8) is 0 Å².